The first-order valence-electron chi connectivity index (χ1n) is 5.46. The third-order valence-corrected chi connectivity index (χ3v) is 3.43. The minimum Gasteiger partial charge on any atom is -0.294 e. The van der Waals surface area contributed by atoms with Gasteiger partial charge in [-0.2, -0.15) is 0 Å². The molecule has 0 N–H and O–H groups in total. The van der Waals surface area contributed by atoms with E-state index < -0.39 is 4.92 Å². The van der Waals surface area contributed by atoms with E-state index in [9.17, 15) is 14.9 Å². The van der Waals surface area contributed by atoms with E-state index in [4.69, 9.17) is 0 Å². The highest BCUT2D eigenvalue weighted by atomic mass is 32.2. The van der Waals surface area contributed by atoms with Crippen LogP contribution in [-0.4, -0.2) is 15.7 Å². The van der Waals surface area contributed by atoms with Crippen molar-refractivity contribution in [1.29, 1.82) is 0 Å². The van der Waals surface area contributed by atoms with E-state index in [0.29, 0.717) is 10.5 Å². The molecular formula is C13H10N2O3S. The molecule has 2 rings (SSSR count). The van der Waals surface area contributed by atoms with Gasteiger partial charge in [-0.3, -0.25) is 14.9 Å². The second-order valence-corrected chi connectivity index (χ2v) is 4.83. The quantitative estimate of drug-likeness (QED) is 0.485. The van der Waals surface area contributed by atoms with Crippen molar-refractivity contribution in [3.8, 4) is 0 Å². The minimum absolute atomic E-state index is 0.0874. The number of nitro groups is 1. The molecule has 1 aromatic heterocycles. The second-order valence-electron chi connectivity index (χ2n) is 3.76. The summed E-state index contributed by atoms with van der Waals surface area (Å²) in [7, 11) is 0. The Bertz CT molecular complexity index is 629. The van der Waals surface area contributed by atoms with Crippen molar-refractivity contribution in [3.63, 3.8) is 0 Å². The zero-order valence-corrected chi connectivity index (χ0v) is 10.9. The van der Waals surface area contributed by atoms with Gasteiger partial charge >= 0.3 is 0 Å². The van der Waals surface area contributed by atoms with Gasteiger partial charge in [0.25, 0.3) is 5.69 Å². The Balaban J connectivity index is 2.40. The van der Waals surface area contributed by atoms with E-state index in [-0.39, 0.29) is 11.5 Å². The fourth-order valence-electron chi connectivity index (χ4n) is 1.52. The first-order chi connectivity index (χ1) is 9.08. The molecule has 0 amide bonds. The van der Waals surface area contributed by atoms with Crippen molar-refractivity contribution >= 4 is 23.2 Å². The average molecular weight is 274 g/mol. The molecule has 6 heteroatoms. The molecule has 0 radical (unpaired) electrons. The molecule has 0 spiro atoms. The van der Waals surface area contributed by atoms with Crippen LogP contribution in [0.4, 0.5) is 5.69 Å². The van der Waals surface area contributed by atoms with Gasteiger partial charge in [0.2, 0.25) is 0 Å². The van der Waals surface area contributed by atoms with Crippen LogP contribution in [0.3, 0.4) is 0 Å². The monoisotopic (exact) mass is 274 g/mol. The van der Waals surface area contributed by atoms with E-state index in [1.165, 1.54) is 30.8 Å². The van der Waals surface area contributed by atoms with E-state index in [1.54, 1.807) is 18.3 Å². The summed E-state index contributed by atoms with van der Waals surface area (Å²) in [5.41, 5.74) is 0.250. The fourth-order valence-corrected chi connectivity index (χ4v) is 2.45. The van der Waals surface area contributed by atoms with Gasteiger partial charge in [-0.25, -0.2) is 4.98 Å². The third kappa shape index (κ3) is 3.17. The number of nitrogens with zero attached hydrogens (tertiary/aromatic N) is 2. The number of nitro benzene ring substituents is 1. The summed E-state index contributed by atoms with van der Waals surface area (Å²) in [5.74, 6) is -0.206. The molecule has 1 heterocycles. The Kier molecular flexibility index (Phi) is 3.91. The van der Waals surface area contributed by atoms with Crippen molar-refractivity contribution in [3.05, 3.63) is 58.3 Å². The molecule has 0 aliphatic rings. The van der Waals surface area contributed by atoms with Gasteiger partial charge in [0.1, 0.15) is 5.03 Å². The largest absolute Gasteiger partial charge is 0.294 e. The van der Waals surface area contributed by atoms with Gasteiger partial charge in [0.15, 0.2) is 5.78 Å². The van der Waals surface area contributed by atoms with Crippen LogP contribution in [0.1, 0.15) is 17.3 Å². The summed E-state index contributed by atoms with van der Waals surface area (Å²) in [6.07, 6.45) is 1.65. The number of carbonyl (C=O) groups is 1. The Labute approximate surface area is 113 Å². The van der Waals surface area contributed by atoms with Crippen molar-refractivity contribution in [2.75, 3.05) is 0 Å². The average Bonchev–Trinajstić information content (AvgIpc) is 2.39. The second kappa shape index (κ2) is 5.62. The molecule has 19 heavy (non-hydrogen) atoms. The molecule has 0 unspecified atom stereocenters. The van der Waals surface area contributed by atoms with Crippen LogP contribution in [0, 0.1) is 10.1 Å². The number of pyridine rings is 1. The fraction of sp³-hybridized carbons (Fsp3) is 0.0769. The van der Waals surface area contributed by atoms with Crippen LogP contribution in [0.15, 0.2) is 52.5 Å². The number of carbonyl (C=O) groups excluding carboxylic acids is 1. The molecule has 0 atom stereocenters. The molecule has 0 saturated heterocycles. The van der Waals surface area contributed by atoms with Gasteiger partial charge in [-0.1, -0.05) is 17.8 Å². The topological polar surface area (TPSA) is 73.1 Å². The molecule has 0 saturated carbocycles. The number of hydrogen-bond donors (Lipinski definition) is 0. The van der Waals surface area contributed by atoms with Gasteiger partial charge in [0, 0.05) is 28.8 Å². The van der Waals surface area contributed by atoms with Crippen LogP contribution in [0.5, 0.6) is 0 Å². The molecule has 0 bridgehead atoms. The lowest BCUT2D eigenvalue weighted by molar-refractivity contribution is -0.384. The number of non-ortho nitro benzene ring substituents is 1. The van der Waals surface area contributed by atoms with Crippen LogP contribution in [-0.2, 0) is 0 Å². The van der Waals surface area contributed by atoms with Crippen molar-refractivity contribution in [2.45, 2.75) is 16.8 Å². The SMILES string of the molecule is CC(=O)c1cc([N+](=O)[O-])ccc1Sc1ccccn1. The summed E-state index contributed by atoms with van der Waals surface area (Å²) in [6, 6.07) is 9.72. The molecule has 96 valence electrons. The van der Waals surface area contributed by atoms with E-state index >= 15 is 0 Å². The molecule has 5 nitrogen and oxygen atoms in total. The van der Waals surface area contributed by atoms with Crippen molar-refractivity contribution in [2.24, 2.45) is 0 Å². The maximum atomic E-state index is 11.6. The number of rotatable bonds is 4. The normalized spacial score (nSPS) is 10.2. The smallest absolute Gasteiger partial charge is 0.270 e. The summed E-state index contributed by atoms with van der Waals surface area (Å²) >= 11 is 1.31. The summed E-state index contributed by atoms with van der Waals surface area (Å²) < 4.78 is 0. The lowest BCUT2D eigenvalue weighted by Crippen LogP contribution is -1.98. The minimum atomic E-state index is -0.512. The standard InChI is InChI=1S/C13H10N2O3S/c1-9(16)11-8-10(15(17)18)5-6-12(11)19-13-4-2-3-7-14-13/h2-8H,1H3. The highest BCUT2D eigenvalue weighted by Gasteiger charge is 2.15. The number of hydrogen-bond acceptors (Lipinski definition) is 5. The number of benzene rings is 1. The Morgan fingerprint density at radius 3 is 2.68 bits per heavy atom. The van der Waals surface area contributed by atoms with Crippen LogP contribution < -0.4 is 0 Å². The molecular weight excluding hydrogens is 264 g/mol. The van der Waals surface area contributed by atoms with Gasteiger partial charge in [0.05, 0.1) is 4.92 Å². The lowest BCUT2D eigenvalue weighted by atomic mass is 10.1. The third-order valence-electron chi connectivity index (χ3n) is 2.41. The Morgan fingerprint density at radius 1 is 1.32 bits per heavy atom. The Hall–Kier alpha value is -2.21. The summed E-state index contributed by atoms with van der Waals surface area (Å²) in [4.78, 5) is 26.6. The highest BCUT2D eigenvalue weighted by Crippen LogP contribution is 2.31. The predicted molar refractivity (Wildman–Crippen MR) is 71.5 cm³/mol. The lowest BCUT2D eigenvalue weighted by Gasteiger charge is -2.05. The van der Waals surface area contributed by atoms with Crippen LogP contribution in [0.25, 0.3) is 0 Å². The molecule has 0 aliphatic carbocycles. The van der Waals surface area contributed by atoms with Gasteiger partial charge < -0.3 is 0 Å². The maximum Gasteiger partial charge on any atom is 0.270 e. The first-order valence-corrected chi connectivity index (χ1v) is 6.28. The van der Waals surface area contributed by atoms with E-state index in [2.05, 4.69) is 4.98 Å². The van der Waals surface area contributed by atoms with Crippen molar-refractivity contribution < 1.29 is 9.72 Å². The molecule has 0 aliphatic heterocycles. The zero-order chi connectivity index (χ0) is 13.8. The maximum absolute atomic E-state index is 11.6. The number of ketones is 1. The van der Waals surface area contributed by atoms with E-state index in [1.807, 2.05) is 12.1 Å². The zero-order valence-electron chi connectivity index (χ0n) is 10.1. The highest BCUT2D eigenvalue weighted by molar-refractivity contribution is 7.99. The summed E-state index contributed by atoms with van der Waals surface area (Å²) in [5, 5.41) is 11.5. The Morgan fingerprint density at radius 2 is 2.11 bits per heavy atom. The van der Waals surface area contributed by atoms with Gasteiger partial charge in [-0.05, 0) is 25.1 Å². The van der Waals surface area contributed by atoms with Gasteiger partial charge in [-0.15, -0.1) is 0 Å². The van der Waals surface area contributed by atoms with Crippen LogP contribution >= 0.6 is 11.8 Å². The molecule has 1 aromatic carbocycles. The van der Waals surface area contributed by atoms with E-state index in [0.717, 1.165) is 5.03 Å². The predicted octanol–water partition coefficient (Wildman–Crippen LogP) is 3.34. The molecule has 0 fully saturated rings. The summed E-state index contributed by atoms with van der Waals surface area (Å²) in [6.45, 7) is 1.39. The number of Topliss-reactive ketones (excluding diaryl/α,β-unsaturated/α-hetero) is 1. The number of aromatic nitrogens is 1. The van der Waals surface area contributed by atoms with Crippen LogP contribution in [0.2, 0.25) is 0 Å². The van der Waals surface area contributed by atoms with Crippen molar-refractivity contribution in [1.82, 2.24) is 4.98 Å². The first kappa shape index (κ1) is 13.2. The molecule has 2 aromatic rings.